The number of halogens is 2. The molecule has 3 nitrogen and oxygen atoms in total. The Bertz CT molecular complexity index is 349. The number of nitrogens with one attached hydrogen (secondary N) is 1. The minimum absolute atomic E-state index is 0.290. The number of rotatable bonds is 8. The van der Waals surface area contributed by atoms with Crippen molar-refractivity contribution in [3.63, 3.8) is 0 Å². The van der Waals surface area contributed by atoms with Crippen LogP contribution >= 0.6 is 31.9 Å². The zero-order valence-corrected chi connectivity index (χ0v) is 13.7. The first-order chi connectivity index (χ1) is 8.69. The van der Waals surface area contributed by atoms with E-state index in [0.717, 1.165) is 47.0 Å². The van der Waals surface area contributed by atoms with Gasteiger partial charge in [0.25, 0.3) is 0 Å². The molecule has 0 aromatic heterocycles. The summed E-state index contributed by atoms with van der Waals surface area (Å²) in [5, 5.41) is 12.1. The summed E-state index contributed by atoms with van der Waals surface area (Å²) in [6.45, 7) is 2.10. The van der Waals surface area contributed by atoms with Gasteiger partial charge in [-0.05, 0) is 75.4 Å². The first-order valence-corrected chi connectivity index (χ1v) is 7.61. The van der Waals surface area contributed by atoms with Crippen LogP contribution in [0.5, 0.6) is 5.75 Å². The molecule has 18 heavy (non-hydrogen) atoms. The number of hydrogen-bond donors (Lipinski definition) is 2. The Labute approximate surface area is 125 Å². The highest BCUT2D eigenvalue weighted by Crippen LogP contribution is 2.34. The van der Waals surface area contributed by atoms with E-state index in [9.17, 15) is 0 Å². The number of methoxy groups -OCH3 is 1. The Kier molecular flexibility index (Phi) is 7.90. The van der Waals surface area contributed by atoms with Crippen LogP contribution in [0.15, 0.2) is 21.1 Å². The molecule has 2 N–H and O–H groups in total. The molecule has 0 saturated heterocycles. The van der Waals surface area contributed by atoms with Crippen LogP contribution in [-0.4, -0.2) is 25.4 Å². The van der Waals surface area contributed by atoms with Crippen LogP contribution in [0.2, 0.25) is 0 Å². The minimum Gasteiger partial charge on any atom is -0.494 e. The smallest absolute Gasteiger partial charge is 0.147 e. The third-order valence-electron chi connectivity index (χ3n) is 2.60. The van der Waals surface area contributed by atoms with E-state index in [4.69, 9.17) is 9.84 Å². The summed E-state index contributed by atoms with van der Waals surface area (Å²) in [6.07, 6.45) is 3.06. The second-order valence-electron chi connectivity index (χ2n) is 4.05. The fourth-order valence-electron chi connectivity index (χ4n) is 1.68. The lowest BCUT2D eigenvalue weighted by Crippen LogP contribution is -2.14. The summed E-state index contributed by atoms with van der Waals surface area (Å²) in [5.41, 5.74) is 1.21. The Morgan fingerprint density at radius 3 is 2.39 bits per heavy atom. The first-order valence-electron chi connectivity index (χ1n) is 6.02. The highest BCUT2D eigenvalue weighted by atomic mass is 79.9. The van der Waals surface area contributed by atoms with Gasteiger partial charge >= 0.3 is 0 Å². The van der Waals surface area contributed by atoms with Gasteiger partial charge in [-0.1, -0.05) is 0 Å². The van der Waals surface area contributed by atoms with Crippen molar-refractivity contribution in [1.29, 1.82) is 0 Å². The average molecular weight is 381 g/mol. The highest BCUT2D eigenvalue weighted by molar-refractivity contribution is 9.11. The number of ether oxygens (including phenoxy) is 1. The molecule has 0 saturated carbocycles. The van der Waals surface area contributed by atoms with Crippen LogP contribution < -0.4 is 10.1 Å². The molecule has 1 rings (SSSR count). The van der Waals surface area contributed by atoms with Crippen LogP contribution in [0.3, 0.4) is 0 Å². The lowest BCUT2D eigenvalue weighted by atomic mass is 10.2. The molecule has 0 fully saturated rings. The first kappa shape index (κ1) is 16.0. The third-order valence-corrected chi connectivity index (χ3v) is 3.78. The van der Waals surface area contributed by atoms with Crippen molar-refractivity contribution in [3.8, 4) is 5.75 Å². The van der Waals surface area contributed by atoms with Crippen molar-refractivity contribution in [2.24, 2.45) is 0 Å². The van der Waals surface area contributed by atoms with E-state index in [1.807, 2.05) is 0 Å². The Balaban J connectivity index is 2.39. The summed E-state index contributed by atoms with van der Waals surface area (Å²) >= 11 is 6.98. The van der Waals surface area contributed by atoms with Gasteiger partial charge in [0.05, 0.1) is 16.1 Å². The second-order valence-corrected chi connectivity index (χ2v) is 5.76. The number of benzene rings is 1. The van der Waals surface area contributed by atoms with Gasteiger partial charge in [0, 0.05) is 13.2 Å². The van der Waals surface area contributed by atoms with E-state index >= 15 is 0 Å². The molecule has 5 heteroatoms. The maximum atomic E-state index is 8.67. The minimum atomic E-state index is 0.290. The number of hydrogen-bond acceptors (Lipinski definition) is 3. The molecule has 0 bridgehead atoms. The van der Waals surface area contributed by atoms with Crippen molar-refractivity contribution in [2.75, 3.05) is 20.3 Å². The maximum Gasteiger partial charge on any atom is 0.147 e. The monoisotopic (exact) mass is 379 g/mol. The quantitative estimate of drug-likeness (QED) is 0.678. The van der Waals surface area contributed by atoms with Gasteiger partial charge in [-0.15, -0.1) is 0 Å². The van der Waals surface area contributed by atoms with E-state index in [1.165, 1.54) is 5.56 Å². The summed E-state index contributed by atoms with van der Waals surface area (Å²) in [6, 6.07) is 4.12. The molecule has 0 aliphatic heterocycles. The zero-order chi connectivity index (χ0) is 13.4. The van der Waals surface area contributed by atoms with Gasteiger partial charge in [-0.25, -0.2) is 0 Å². The molecular weight excluding hydrogens is 362 g/mol. The largest absolute Gasteiger partial charge is 0.494 e. The molecule has 0 unspecified atom stereocenters. The summed E-state index contributed by atoms with van der Waals surface area (Å²) in [5.74, 6) is 0.821. The van der Waals surface area contributed by atoms with Gasteiger partial charge in [0.2, 0.25) is 0 Å². The number of unbranched alkanes of at least 4 members (excludes halogenated alkanes) is 2. The van der Waals surface area contributed by atoms with Crippen LogP contribution in [0.25, 0.3) is 0 Å². The van der Waals surface area contributed by atoms with Crippen molar-refractivity contribution < 1.29 is 9.84 Å². The van der Waals surface area contributed by atoms with Gasteiger partial charge in [0.1, 0.15) is 5.75 Å². The summed E-state index contributed by atoms with van der Waals surface area (Å²) in [7, 11) is 1.66. The predicted octanol–water partition coefficient (Wildman–Crippen LogP) is 3.47. The highest BCUT2D eigenvalue weighted by Gasteiger charge is 2.07. The SMILES string of the molecule is COc1c(Br)cc(CNCCCCCO)cc1Br. The van der Waals surface area contributed by atoms with Crippen LogP contribution in [0, 0.1) is 0 Å². The third kappa shape index (κ3) is 5.26. The Morgan fingerprint density at radius 2 is 1.83 bits per heavy atom. The van der Waals surface area contributed by atoms with Crippen LogP contribution in [-0.2, 0) is 6.54 Å². The zero-order valence-electron chi connectivity index (χ0n) is 10.5. The lowest BCUT2D eigenvalue weighted by Gasteiger charge is -2.10. The van der Waals surface area contributed by atoms with Crippen molar-refractivity contribution in [1.82, 2.24) is 5.32 Å². The van der Waals surface area contributed by atoms with E-state index < -0.39 is 0 Å². The van der Waals surface area contributed by atoms with Gasteiger partial charge in [0.15, 0.2) is 0 Å². The van der Waals surface area contributed by atoms with E-state index in [0.29, 0.717) is 6.61 Å². The molecule has 0 amide bonds. The normalized spacial score (nSPS) is 10.7. The van der Waals surface area contributed by atoms with Crippen LogP contribution in [0.1, 0.15) is 24.8 Å². The molecule has 1 aromatic carbocycles. The molecule has 0 aliphatic rings. The van der Waals surface area contributed by atoms with Gasteiger partial charge in [-0.3, -0.25) is 0 Å². The molecular formula is C13H19Br2NO2. The standard InChI is InChI=1S/C13H19Br2NO2/c1-18-13-11(14)7-10(8-12(13)15)9-16-5-3-2-4-6-17/h7-8,16-17H,2-6,9H2,1H3. The van der Waals surface area contributed by atoms with Crippen molar-refractivity contribution in [2.45, 2.75) is 25.8 Å². The Morgan fingerprint density at radius 1 is 1.17 bits per heavy atom. The molecule has 0 heterocycles. The van der Waals surface area contributed by atoms with Gasteiger partial charge in [-0.2, -0.15) is 0 Å². The topological polar surface area (TPSA) is 41.5 Å². The Hall–Kier alpha value is -0.100. The number of aliphatic hydroxyl groups excluding tert-OH is 1. The number of aliphatic hydroxyl groups is 1. The maximum absolute atomic E-state index is 8.67. The van der Waals surface area contributed by atoms with Crippen LogP contribution in [0.4, 0.5) is 0 Å². The fourth-order valence-corrected chi connectivity index (χ4v) is 3.29. The predicted molar refractivity (Wildman–Crippen MR) is 81.0 cm³/mol. The fraction of sp³-hybridized carbons (Fsp3) is 0.538. The molecule has 0 aliphatic carbocycles. The average Bonchev–Trinajstić information content (AvgIpc) is 2.33. The summed E-state index contributed by atoms with van der Waals surface area (Å²) < 4.78 is 7.17. The molecule has 102 valence electrons. The molecule has 0 spiro atoms. The lowest BCUT2D eigenvalue weighted by molar-refractivity contribution is 0.283. The van der Waals surface area contributed by atoms with E-state index in [1.54, 1.807) is 7.11 Å². The van der Waals surface area contributed by atoms with Crippen molar-refractivity contribution >= 4 is 31.9 Å². The molecule has 1 aromatic rings. The second kappa shape index (κ2) is 8.91. The summed E-state index contributed by atoms with van der Waals surface area (Å²) in [4.78, 5) is 0. The van der Waals surface area contributed by atoms with E-state index in [-0.39, 0.29) is 0 Å². The van der Waals surface area contributed by atoms with Gasteiger partial charge < -0.3 is 15.2 Å². The van der Waals surface area contributed by atoms with E-state index in [2.05, 4.69) is 49.3 Å². The van der Waals surface area contributed by atoms with Crippen molar-refractivity contribution in [3.05, 3.63) is 26.6 Å². The molecule has 0 radical (unpaired) electrons. The molecule has 0 atom stereocenters.